The number of rotatable bonds is 7. The molecule has 0 aliphatic heterocycles. The molecule has 1 N–H and O–H groups in total. The van der Waals surface area contributed by atoms with Crippen molar-refractivity contribution in [3.05, 3.63) is 44.7 Å². The standard InChI is InChI=1S/C23H23Cl3N4OS2/c1-12(15-8-13-4-5-14(15)7-13)30-22(20-3-2-6-32-20)28-29-23(30)33-11-21(31)27-19-10-17(25)16(24)9-18(19)26/h2-3,6,9-10,12-15H,4-5,7-8,11H2,1H3,(H,27,31)/t12-,13-,14-,15+/m0/s1. The highest BCUT2D eigenvalue weighted by molar-refractivity contribution is 7.99. The zero-order chi connectivity index (χ0) is 23.1. The molecule has 1 aromatic carbocycles. The van der Waals surface area contributed by atoms with Gasteiger partial charge < -0.3 is 5.32 Å². The van der Waals surface area contributed by atoms with E-state index in [2.05, 4.69) is 38.5 Å². The van der Waals surface area contributed by atoms with Gasteiger partial charge in [-0.1, -0.05) is 59.1 Å². The second kappa shape index (κ2) is 9.78. The number of thioether (sulfide) groups is 1. The molecule has 10 heteroatoms. The lowest BCUT2D eigenvalue weighted by Crippen LogP contribution is -2.23. The average Bonchev–Trinajstić information content (AvgIpc) is 3.59. The van der Waals surface area contributed by atoms with Crippen LogP contribution in [0.4, 0.5) is 5.69 Å². The van der Waals surface area contributed by atoms with E-state index in [0.29, 0.717) is 26.7 Å². The van der Waals surface area contributed by atoms with E-state index in [1.54, 1.807) is 17.4 Å². The van der Waals surface area contributed by atoms with Gasteiger partial charge in [0.25, 0.3) is 0 Å². The zero-order valence-electron chi connectivity index (χ0n) is 17.9. The first-order chi connectivity index (χ1) is 15.9. The van der Waals surface area contributed by atoms with E-state index < -0.39 is 0 Å². The summed E-state index contributed by atoms with van der Waals surface area (Å²) in [5, 5.41) is 15.7. The molecule has 2 aliphatic carbocycles. The monoisotopic (exact) mass is 540 g/mol. The van der Waals surface area contributed by atoms with Gasteiger partial charge >= 0.3 is 0 Å². The number of anilines is 1. The number of nitrogens with zero attached hydrogens (tertiary/aromatic N) is 3. The van der Waals surface area contributed by atoms with E-state index in [9.17, 15) is 4.79 Å². The first-order valence-electron chi connectivity index (χ1n) is 11.0. The average molecular weight is 542 g/mol. The van der Waals surface area contributed by atoms with E-state index >= 15 is 0 Å². The number of nitrogens with one attached hydrogen (secondary N) is 1. The molecule has 2 fully saturated rings. The number of aromatic nitrogens is 3. The normalized spacial score (nSPS) is 22.6. The van der Waals surface area contributed by atoms with Crippen molar-refractivity contribution in [1.29, 1.82) is 0 Å². The number of halogens is 3. The minimum atomic E-state index is -0.194. The van der Waals surface area contributed by atoms with E-state index in [4.69, 9.17) is 34.8 Å². The number of hydrogen-bond acceptors (Lipinski definition) is 5. The number of thiophene rings is 1. The van der Waals surface area contributed by atoms with Gasteiger partial charge in [-0.25, -0.2) is 0 Å². The number of carbonyl (C=O) groups is 1. The Morgan fingerprint density at radius 2 is 2.03 bits per heavy atom. The van der Waals surface area contributed by atoms with E-state index in [0.717, 1.165) is 27.7 Å². The summed E-state index contributed by atoms with van der Waals surface area (Å²) in [5.41, 5.74) is 0.438. The van der Waals surface area contributed by atoms with Gasteiger partial charge in [0.05, 0.1) is 31.4 Å². The van der Waals surface area contributed by atoms with E-state index in [-0.39, 0.29) is 17.7 Å². The maximum Gasteiger partial charge on any atom is 0.234 e. The number of benzene rings is 1. The molecule has 0 saturated heterocycles. The maximum absolute atomic E-state index is 12.7. The van der Waals surface area contributed by atoms with Gasteiger partial charge in [-0.2, -0.15) is 0 Å². The lowest BCUT2D eigenvalue weighted by Gasteiger charge is -2.30. The minimum absolute atomic E-state index is 0.183. The van der Waals surface area contributed by atoms with Gasteiger partial charge in [-0.05, 0) is 67.5 Å². The van der Waals surface area contributed by atoms with Crippen LogP contribution in [0.1, 0.15) is 38.6 Å². The molecular weight excluding hydrogens is 519 g/mol. The van der Waals surface area contributed by atoms with Gasteiger partial charge in [0.2, 0.25) is 5.91 Å². The Morgan fingerprint density at radius 3 is 2.73 bits per heavy atom. The fraction of sp³-hybridized carbons (Fsp3) is 0.435. The van der Waals surface area contributed by atoms with Crippen LogP contribution in [0.25, 0.3) is 10.7 Å². The molecule has 1 amide bonds. The number of amides is 1. The summed E-state index contributed by atoms with van der Waals surface area (Å²) in [4.78, 5) is 13.8. The van der Waals surface area contributed by atoms with Crippen molar-refractivity contribution < 1.29 is 4.79 Å². The second-order valence-electron chi connectivity index (χ2n) is 8.82. The molecule has 2 heterocycles. The summed E-state index contributed by atoms with van der Waals surface area (Å²) in [7, 11) is 0. The topological polar surface area (TPSA) is 59.8 Å². The summed E-state index contributed by atoms with van der Waals surface area (Å²) >= 11 is 21.3. The highest BCUT2D eigenvalue weighted by Crippen LogP contribution is 2.53. The van der Waals surface area contributed by atoms with Crippen molar-refractivity contribution in [2.75, 3.05) is 11.1 Å². The Labute approximate surface area is 216 Å². The van der Waals surface area contributed by atoms with Gasteiger partial charge in [0, 0.05) is 6.04 Å². The fourth-order valence-corrected chi connectivity index (χ4v) is 7.45. The van der Waals surface area contributed by atoms with Crippen LogP contribution in [0.3, 0.4) is 0 Å². The van der Waals surface area contributed by atoms with Crippen molar-refractivity contribution in [2.45, 2.75) is 43.8 Å². The number of carbonyl (C=O) groups excluding carboxylic acids is 1. The smallest absolute Gasteiger partial charge is 0.234 e. The van der Waals surface area contributed by atoms with Crippen LogP contribution in [0.5, 0.6) is 0 Å². The highest BCUT2D eigenvalue weighted by atomic mass is 35.5. The molecule has 0 unspecified atom stereocenters. The van der Waals surface area contributed by atoms with E-state index in [1.807, 2.05) is 6.07 Å². The van der Waals surface area contributed by atoms with Crippen molar-refractivity contribution >= 4 is 69.5 Å². The molecule has 2 saturated carbocycles. The molecule has 4 atom stereocenters. The largest absolute Gasteiger partial charge is 0.324 e. The Kier molecular flexibility index (Phi) is 6.96. The molecule has 0 spiro atoms. The summed E-state index contributed by atoms with van der Waals surface area (Å²) in [5.74, 6) is 3.14. The second-order valence-corrected chi connectivity index (χ2v) is 11.9. The zero-order valence-corrected chi connectivity index (χ0v) is 21.8. The third-order valence-electron chi connectivity index (χ3n) is 6.84. The fourth-order valence-electron chi connectivity index (χ4n) is 5.33. The van der Waals surface area contributed by atoms with Gasteiger partial charge in [0.1, 0.15) is 0 Å². The first kappa shape index (κ1) is 23.5. The summed E-state index contributed by atoms with van der Waals surface area (Å²) < 4.78 is 2.25. The Morgan fingerprint density at radius 1 is 1.21 bits per heavy atom. The van der Waals surface area contributed by atoms with Crippen LogP contribution in [-0.2, 0) is 4.79 Å². The van der Waals surface area contributed by atoms with E-state index in [1.165, 1.54) is 43.5 Å². The van der Waals surface area contributed by atoms with Gasteiger partial charge in [0.15, 0.2) is 11.0 Å². The SMILES string of the molecule is C[C@@H]([C@H]1C[C@H]2CC[C@H]1C2)n1c(SCC(=O)Nc2cc(Cl)c(Cl)cc2Cl)nnc1-c1cccs1. The Hall–Kier alpha value is -1.25. The predicted molar refractivity (Wildman–Crippen MR) is 138 cm³/mol. The maximum atomic E-state index is 12.7. The molecule has 0 radical (unpaired) electrons. The molecular formula is C23H23Cl3N4OS2. The lowest BCUT2D eigenvalue weighted by atomic mass is 9.84. The quantitative estimate of drug-likeness (QED) is 0.246. The molecule has 2 aromatic heterocycles. The highest BCUT2D eigenvalue weighted by Gasteiger charge is 2.43. The summed E-state index contributed by atoms with van der Waals surface area (Å²) in [6.07, 6.45) is 5.31. The molecule has 5 rings (SSSR count). The Bertz CT molecular complexity index is 1170. The predicted octanol–water partition coefficient (Wildman–Crippen LogP) is 7.69. The van der Waals surface area contributed by atoms with Gasteiger partial charge in [-0.3, -0.25) is 9.36 Å². The van der Waals surface area contributed by atoms with Crippen LogP contribution in [0.15, 0.2) is 34.8 Å². The third-order valence-corrected chi connectivity index (χ3v) is 9.69. The number of fused-ring (bicyclic) bond motifs is 2. The van der Waals surface area contributed by atoms with Crippen molar-refractivity contribution in [1.82, 2.24) is 14.8 Å². The van der Waals surface area contributed by atoms with Crippen molar-refractivity contribution in [3.63, 3.8) is 0 Å². The van der Waals surface area contributed by atoms with Crippen LogP contribution >= 0.6 is 57.9 Å². The minimum Gasteiger partial charge on any atom is -0.324 e. The van der Waals surface area contributed by atoms with Gasteiger partial charge in [-0.15, -0.1) is 21.5 Å². The molecule has 3 aromatic rings. The van der Waals surface area contributed by atoms with Crippen molar-refractivity contribution in [3.8, 4) is 10.7 Å². The molecule has 2 bridgehead atoms. The van der Waals surface area contributed by atoms with Crippen LogP contribution in [0, 0.1) is 17.8 Å². The lowest BCUT2D eigenvalue weighted by molar-refractivity contribution is -0.113. The van der Waals surface area contributed by atoms with Crippen molar-refractivity contribution in [2.24, 2.45) is 17.8 Å². The first-order valence-corrected chi connectivity index (χ1v) is 14.0. The molecule has 5 nitrogen and oxygen atoms in total. The molecule has 33 heavy (non-hydrogen) atoms. The third kappa shape index (κ3) is 4.80. The summed E-state index contributed by atoms with van der Waals surface area (Å²) in [6, 6.07) is 7.47. The van der Waals surface area contributed by atoms with Crippen LogP contribution < -0.4 is 5.32 Å². The summed E-state index contributed by atoms with van der Waals surface area (Å²) in [6.45, 7) is 2.28. The van der Waals surface area contributed by atoms with Crippen LogP contribution in [0.2, 0.25) is 15.1 Å². The molecule has 174 valence electrons. The van der Waals surface area contributed by atoms with Crippen LogP contribution in [-0.4, -0.2) is 26.4 Å². The number of hydrogen-bond donors (Lipinski definition) is 1. The molecule has 2 aliphatic rings. The Balaban J connectivity index is 1.35.